The summed E-state index contributed by atoms with van der Waals surface area (Å²) in [5.74, 6) is -1.10. The summed E-state index contributed by atoms with van der Waals surface area (Å²) >= 11 is 0. The molecule has 1 saturated heterocycles. The number of aliphatic carboxylic acids is 1. The molecule has 1 fully saturated rings. The van der Waals surface area contributed by atoms with Crippen LogP contribution in [0.4, 0.5) is 0 Å². The number of likely N-dealkylation sites (tertiary alicyclic amines) is 1. The van der Waals surface area contributed by atoms with E-state index in [2.05, 4.69) is 0 Å². The topological polar surface area (TPSA) is 62.5 Å². The Morgan fingerprint density at radius 2 is 2.17 bits per heavy atom. The van der Waals surface area contributed by atoms with Crippen molar-refractivity contribution < 1.29 is 14.7 Å². The van der Waals surface area contributed by atoms with Crippen LogP contribution in [0.25, 0.3) is 0 Å². The van der Waals surface area contributed by atoms with Gasteiger partial charge in [-0.2, -0.15) is 0 Å². The maximum absolute atomic E-state index is 12.4. The third kappa shape index (κ3) is 2.12. The Bertz CT molecular complexity index is 465. The standard InChI is InChI=1S/C13H18N2O3/c1-9(2)14-7-3-5-10(14)12(16)15-8-4-6-11(15)13(17)18/h3,5,7,9,11H,4,6,8H2,1-2H3,(H,17,18)/t11-/m1/s1. The Balaban J connectivity index is 2.25. The van der Waals surface area contributed by atoms with Gasteiger partial charge in [0.2, 0.25) is 0 Å². The molecule has 1 N–H and O–H groups in total. The minimum Gasteiger partial charge on any atom is -0.480 e. The normalized spacial score (nSPS) is 19.5. The lowest BCUT2D eigenvalue weighted by atomic mass is 10.2. The summed E-state index contributed by atoms with van der Waals surface area (Å²) in [7, 11) is 0. The molecule has 0 aromatic carbocycles. The molecule has 98 valence electrons. The van der Waals surface area contributed by atoms with Gasteiger partial charge in [-0.1, -0.05) is 0 Å². The summed E-state index contributed by atoms with van der Waals surface area (Å²) in [5, 5.41) is 9.11. The largest absolute Gasteiger partial charge is 0.480 e. The number of carbonyl (C=O) groups is 2. The molecule has 0 aliphatic carbocycles. The van der Waals surface area contributed by atoms with Crippen molar-refractivity contribution in [3.05, 3.63) is 24.0 Å². The Labute approximate surface area is 106 Å². The van der Waals surface area contributed by atoms with Crippen molar-refractivity contribution in [2.24, 2.45) is 0 Å². The first-order chi connectivity index (χ1) is 8.52. The van der Waals surface area contributed by atoms with Crippen molar-refractivity contribution in [2.75, 3.05) is 6.54 Å². The van der Waals surface area contributed by atoms with E-state index in [1.807, 2.05) is 30.7 Å². The molecule has 1 aliphatic rings. The Morgan fingerprint density at radius 3 is 2.78 bits per heavy atom. The van der Waals surface area contributed by atoms with E-state index < -0.39 is 12.0 Å². The second-order valence-corrected chi connectivity index (χ2v) is 4.89. The van der Waals surface area contributed by atoms with Crippen LogP contribution in [0.15, 0.2) is 18.3 Å². The molecule has 0 saturated carbocycles. The fourth-order valence-electron chi connectivity index (χ4n) is 2.44. The average Bonchev–Trinajstić information content (AvgIpc) is 2.97. The summed E-state index contributed by atoms with van der Waals surface area (Å²) in [5.41, 5.74) is 0.568. The molecule has 2 rings (SSSR count). The lowest BCUT2D eigenvalue weighted by molar-refractivity contribution is -0.141. The number of carbonyl (C=O) groups excluding carboxylic acids is 1. The van der Waals surface area contributed by atoms with E-state index in [1.165, 1.54) is 4.90 Å². The van der Waals surface area contributed by atoms with Crippen LogP contribution >= 0.6 is 0 Å². The van der Waals surface area contributed by atoms with Crippen LogP contribution in [0.2, 0.25) is 0 Å². The van der Waals surface area contributed by atoms with E-state index in [9.17, 15) is 9.59 Å². The van der Waals surface area contributed by atoms with E-state index in [0.717, 1.165) is 6.42 Å². The van der Waals surface area contributed by atoms with Crippen molar-refractivity contribution in [3.8, 4) is 0 Å². The minimum absolute atomic E-state index is 0.182. The maximum Gasteiger partial charge on any atom is 0.326 e. The highest BCUT2D eigenvalue weighted by Crippen LogP contribution is 2.21. The number of amides is 1. The molecule has 1 atom stereocenters. The number of nitrogens with zero attached hydrogens (tertiary/aromatic N) is 2. The van der Waals surface area contributed by atoms with Crippen molar-refractivity contribution >= 4 is 11.9 Å². The highest BCUT2D eigenvalue weighted by molar-refractivity contribution is 5.95. The SMILES string of the molecule is CC(C)n1cccc1C(=O)N1CCC[C@@H]1C(=O)O. The van der Waals surface area contributed by atoms with Crippen LogP contribution in [0.5, 0.6) is 0 Å². The van der Waals surface area contributed by atoms with Gasteiger partial charge in [0.1, 0.15) is 11.7 Å². The molecule has 1 amide bonds. The van der Waals surface area contributed by atoms with Crippen LogP contribution < -0.4 is 0 Å². The predicted octanol–water partition coefficient (Wildman–Crippen LogP) is 1.76. The molecule has 1 aliphatic heterocycles. The number of hydrogen-bond donors (Lipinski definition) is 1. The van der Waals surface area contributed by atoms with Gasteiger partial charge in [0.15, 0.2) is 0 Å². The number of rotatable bonds is 3. The first-order valence-corrected chi connectivity index (χ1v) is 6.23. The van der Waals surface area contributed by atoms with E-state index in [1.54, 1.807) is 6.07 Å². The van der Waals surface area contributed by atoms with Gasteiger partial charge < -0.3 is 14.6 Å². The molecule has 18 heavy (non-hydrogen) atoms. The van der Waals surface area contributed by atoms with E-state index in [4.69, 9.17) is 5.11 Å². The van der Waals surface area contributed by atoms with Crippen molar-refractivity contribution in [1.29, 1.82) is 0 Å². The Kier molecular flexibility index (Phi) is 3.41. The molecular formula is C13H18N2O3. The van der Waals surface area contributed by atoms with Crippen molar-refractivity contribution in [3.63, 3.8) is 0 Å². The fraction of sp³-hybridized carbons (Fsp3) is 0.538. The lowest BCUT2D eigenvalue weighted by Crippen LogP contribution is -2.41. The number of carboxylic acids is 1. The molecule has 0 radical (unpaired) electrons. The zero-order valence-corrected chi connectivity index (χ0v) is 10.7. The van der Waals surface area contributed by atoms with Crippen LogP contribution in [0.1, 0.15) is 43.2 Å². The smallest absolute Gasteiger partial charge is 0.326 e. The molecule has 0 bridgehead atoms. The van der Waals surface area contributed by atoms with Crippen LogP contribution in [0, 0.1) is 0 Å². The molecule has 2 heterocycles. The first-order valence-electron chi connectivity index (χ1n) is 6.23. The molecule has 5 nitrogen and oxygen atoms in total. The quantitative estimate of drug-likeness (QED) is 0.889. The minimum atomic E-state index is -0.913. The van der Waals surface area contributed by atoms with Crippen LogP contribution in [-0.4, -0.2) is 39.0 Å². The zero-order chi connectivity index (χ0) is 13.3. The van der Waals surface area contributed by atoms with Gasteiger partial charge >= 0.3 is 5.97 Å². The van der Waals surface area contributed by atoms with Gasteiger partial charge in [-0.25, -0.2) is 4.79 Å². The predicted molar refractivity (Wildman–Crippen MR) is 66.5 cm³/mol. The summed E-state index contributed by atoms with van der Waals surface area (Å²) in [6.45, 7) is 4.52. The highest BCUT2D eigenvalue weighted by atomic mass is 16.4. The summed E-state index contributed by atoms with van der Waals surface area (Å²) in [4.78, 5) is 25.0. The van der Waals surface area contributed by atoms with E-state index in [0.29, 0.717) is 18.7 Å². The summed E-state index contributed by atoms with van der Waals surface area (Å²) in [6, 6.07) is 3.08. The number of carboxylic acid groups (broad SMARTS) is 1. The molecule has 0 spiro atoms. The third-order valence-corrected chi connectivity index (χ3v) is 3.35. The van der Waals surface area contributed by atoms with Gasteiger partial charge in [0.05, 0.1) is 0 Å². The molecular weight excluding hydrogens is 232 g/mol. The van der Waals surface area contributed by atoms with E-state index in [-0.39, 0.29) is 11.9 Å². The third-order valence-electron chi connectivity index (χ3n) is 3.35. The van der Waals surface area contributed by atoms with Crippen molar-refractivity contribution in [1.82, 2.24) is 9.47 Å². The average molecular weight is 250 g/mol. The second kappa shape index (κ2) is 4.84. The monoisotopic (exact) mass is 250 g/mol. The summed E-state index contributed by atoms with van der Waals surface area (Å²) in [6.07, 6.45) is 3.15. The Hall–Kier alpha value is -1.78. The van der Waals surface area contributed by atoms with Gasteiger partial charge in [-0.05, 0) is 38.8 Å². The van der Waals surface area contributed by atoms with Gasteiger partial charge in [-0.3, -0.25) is 4.79 Å². The second-order valence-electron chi connectivity index (χ2n) is 4.89. The van der Waals surface area contributed by atoms with Crippen LogP contribution in [-0.2, 0) is 4.79 Å². The van der Waals surface area contributed by atoms with Gasteiger partial charge in [0.25, 0.3) is 5.91 Å². The number of aromatic nitrogens is 1. The fourth-order valence-corrected chi connectivity index (χ4v) is 2.44. The van der Waals surface area contributed by atoms with Crippen LogP contribution in [0.3, 0.4) is 0 Å². The number of hydrogen-bond acceptors (Lipinski definition) is 2. The first kappa shape index (κ1) is 12.7. The summed E-state index contributed by atoms with van der Waals surface area (Å²) < 4.78 is 1.87. The van der Waals surface area contributed by atoms with Gasteiger partial charge in [-0.15, -0.1) is 0 Å². The van der Waals surface area contributed by atoms with Crippen molar-refractivity contribution in [2.45, 2.75) is 38.8 Å². The van der Waals surface area contributed by atoms with Gasteiger partial charge in [0, 0.05) is 18.8 Å². The lowest BCUT2D eigenvalue weighted by Gasteiger charge is -2.23. The molecule has 1 aromatic rings. The maximum atomic E-state index is 12.4. The molecule has 1 aromatic heterocycles. The molecule has 0 unspecified atom stereocenters. The molecule has 5 heteroatoms. The van der Waals surface area contributed by atoms with E-state index >= 15 is 0 Å². The highest BCUT2D eigenvalue weighted by Gasteiger charge is 2.35. The zero-order valence-electron chi connectivity index (χ0n) is 10.7. The Morgan fingerprint density at radius 1 is 1.44 bits per heavy atom.